The molecule has 182 valence electrons. The number of aryl methyl sites for hydroxylation is 2. The third-order valence-corrected chi connectivity index (χ3v) is 5.43. The van der Waals surface area contributed by atoms with E-state index in [1.807, 2.05) is 68.4 Å². The van der Waals surface area contributed by atoms with Gasteiger partial charge < -0.3 is 23.7 Å². The summed E-state index contributed by atoms with van der Waals surface area (Å²) < 4.78 is 22.9. The predicted molar refractivity (Wildman–Crippen MR) is 129 cm³/mol. The van der Waals surface area contributed by atoms with Gasteiger partial charge >= 0.3 is 5.97 Å². The monoisotopic (exact) mass is 467 g/mol. The summed E-state index contributed by atoms with van der Waals surface area (Å²) in [5.74, 6) is 1.24. The number of benzene rings is 2. The van der Waals surface area contributed by atoms with Gasteiger partial charge in [-0.25, -0.2) is 9.78 Å². The van der Waals surface area contributed by atoms with Crippen molar-refractivity contribution in [3.63, 3.8) is 0 Å². The van der Waals surface area contributed by atoms with Crippen molar-refractivity contribution in [3.05, 3.63) is 71.6 Å². The summed E-state index contributed by atoms with van der Waals surface area (Å²) in [6.45, 7) is 6.53. The average Bonchev–Trinajstić information content (AvgIpc) is 3.22. The van der Waals surface area contributed by atoms with Gasteiger partial charge in [0.1, 0.15) is 11.5 Å². The third-order valence-electron chi connectivity index (χ3n) is 5.43. The van der Waals surface area contributed by atoms with Crippen molar-refractivity contribution in [1.82, 2.24) is 4.98 Å². The van der Waals surface area contributed by atoms with Crippen molar-refractivity contribution in [1.29, 1.82) is 0 Å². The molecular weight excluding hydrogens is 434 g/mol. The first-order chi connectivity index (χ1) is 16.5. The molecular formula is C27H33NO6. The minimum absolute atomic E-state index is 0.395. The van der Waals surface area contributed by atoms with E-state index in [1.54, 1.807) is 6.92 Å². The normalized spacial score (nSPS) is 12.9. The van der Waals surface area contributed by atoms with Crippen LogP contribution in [0.5, 0.6) is 5.75 Å². The van der Waals surface area contributed by atoms with E-state index in [-0.39, 0.29) is 0 Å². The fourth-order valence-corrected chi connectivity index (χ4v) is 3.56. The van der Waals surface area contributed by atoms with Crippen LogP contribution < -0.4 is 4.74 Å². The number of carboxylic acid groups (broad SMARTS) is 1. The van der Waals surface area contributed by atoms with E-state index >= 15 is 0 Å². The maximum atomic E-state index is 11.2. The van der Waals surface area contributed by atoms with Gasteiger partial charge in [-0.2, -0.15) is 0 Å². The van der Waals surface area contributed by atoms with Crippen LogP contribution in [-0.4, -0.2) is 41.7 Å². The molecule has 2 unspecified atom stereocenters. The number of nitrogens with zero attached hydrogens (tertiary/aromatic N) is 1. The van der Waals surface area contributed by atoms with Crippen molar-refractivity contribution < 1.29 is 28.5 Å². The summed E-state index contributed by atoms with van der Waals surface area (Å²) in [7, 11) is 0. The molecule has 3 aromatic rings. The van der Waals surface area contributed by atoms with Crippen molar-refractivity contribution in [3.8, 4) is 17.2 Å². The second kappa shape index (κ2) is 12.9. The highest BCUT2D eigenvalue weighted by molar-refractivity contribution is 5.72. The molecule has 0 saturated heterocycles. The van der Waals surface area contributed by atoms with E-state index in [0.717, 1.165) is 28.3 Å². The first-order valence-electron chi connectivity index (χ1n) is 11.7. The number of oxazole rings is 1. The van der Waals surface area contributed by atoms with Crippen LogP contribution in [0.2, 0.25) is 0 Å². The Morgan fingerprint density at radius 2 is 1.79 bits per heavy atom. The lowest BCUT2D eigenvalue weighted by molar-refractivity contribution is -0.190. The van der Waals surface area contributed by atoms with E-state index in [1.165, 1.54) is 0 Å². The molecule has 1 aromatic heterocycles. The number of rotatable bonds is 14. The lowest BCUT2D eigenvalue weighted by Crippen LogP contribution is -2.30. The molecule has 7 heteroatoms. The van der Waals surface area contributed by atoms with Crippen LogP contribution in [0.4, 0.5) is 0 Å². The van der Waals surface area contributed by atoms with Crippen LogP contribution in [0.3, 0.4) is 0 Å². The number of hydrogen-bond acceptors (Lipinski definition) is 6. The molecule has 1 N–H and O–H groups in total. The van der Waals surface area contributed by atoms with Crippen molar-refractivity contribution in [2.75, 3.05) is 13.2 Å². The first-order valence-corrected chi connectivity index (χ1v) is 11.7. The predicted octanol–water partition coefficient (Wildman–Crippen LogP) is 5.45. The highest BCUT2D eigenvalue weighted by Gasteiger charge is 2.21. The highest BCUT2D eigenvalue weighted by Crippen LogP contribution is 2.22. The Balaban J connectivity index is 1.47. The number of hydrogen-bond donors (Lipinski definition) is 1. The Morgan fingerprint density at radius 3 is 2.44 bits per heavy atom. The Bertz CT molecular complexity index is 1020. The number of carboxylic acids is 1. The number of ether oxygens (including phenoxy) is 3. The molecule has 0 bridgehead atoms. The van der Waals surface area contributed by atoms with E-state index < -0.39 is 18.4 Å². The van der Waals surface area contributed by atoms with Crippen LogP contribution >= 0.6 is 0 Å². The van der Waals surface area contributed by atoms with Crippen LogP contribution in [0.15, 0.2) is 59.0 Å². The van der Waals surface area contributed by atoms with Gasteiger partial charge in [-0.3, -0.25) is 0 Å². The standard InChI is InChI=1S/C27H33NO6/c1-4-24(27(29)30)34-25(31-5-2)16-13-20-11-14-22(15-12-20)32-18-17-23-19(3)33-26(28-23)21-9-7-6-8-10-21/h6-12,14-15,24-25H,4-5,13,16-18H2,1-3H3,(H,29,30). The second-order valence-corrected chi connectivity index (χ2v) is 7.93. The van der Waals surface area contributed by atoms with E-state index in [9.17, 15) is 9.90 Å². The first kappa shape index (κ1) is 25.5. The molecule has 1 heterocycles. The lowest BCUT2D eigenvalue weighted by Gasteiger charge is -2.21. The molecule has 0 fully saturated rings. The minimum atomic E-state index is -0.967. The SMILES string of the molecule is CCOC(CCc1ccc(OCCc2nc(-c3ccccc3)oc2C)cc1)OC(CC)C(=O)O. The average molecular weight is 468 g/mol. The zero-order valence-corrected chi connectivity index (χ0v) is 20.0. The Kier molecular flexibility index (Phi) is 9.67. The Hall–Kier alpha value is -3.16. The van der Waals surface area contributed by atoms with Crippen LogP contribution in [0.25, 0.3) is 11.5 Å². The van der Waals surface area contributed by atoms with Gasteiger partial charge in [0.15, 0.2) is 12.4 Å². The quantitative estimate of drug-likeness (QED) is 0.315. The van der Waals surface area contributed by atoms with Crippen LogP contribution in [0, 0.1) is 6.92 Å². The number of aromatic nitrogens is 1. The Labute approximate surface area is 200 Å². The summed E-state index contributed by atoms with van der Waals surface area (Å²) in [5, 5.41) is 9.21. The summed E-state index contributed by atoms with van der Waals surface area (Å²) in [4.78, 5) is 15.9. The molecule has 2 aromatic carbocycles. The molecule has 0 saturated carbocycles. The fourth-order valence-electron chi connectivity index (χ4n) is 3.56. The van der Waals surface area contributed by atoms with Crippen molar-refractivity contribution in [2.45, 2.75) is 58.8 Å². The van der Waals surface area contributed by atoms with Crippen molar-refractivity contribution >= 4 is 5.97 Å². The molecule has 0 radical (unpaired) electrons. The van der Waals surface area contributed by atoms with E-state index in [4.69, 9.17) is 18.6 Å². The maximum Gasteiger partial charge on any atom is 0.332 e. The van der Waals surface area contributed by atoms with Gasteiger partial charge in [0.25, 0.3) is 0 Å². The topological polar surface area (TPSA) is 91.0 Å². The van der Waals surface area contributed by atoms with Gasteiger partial charge in [0, 0.05) is 25.0 Å². The van der Waals surface area contributed by atoms with Gasteiger partial charge in [-0.15, -0.1) is 0 Å². The molecule has 0 aliphatic carbocycles. The number of aliphatic carboxylic acids is 1. The summed E-state index contributed by atoms with van der Waals surface area (Å²) in [6.07, 6.45) is 0.929. The summed E-state index contributed by atoms with van der Waals surface area (Å²) in [6, 6.07) is 17.7. The summed E-state index contributed by atoms with van der Waals surface area (Å²) >= 11 is 0. The molecule has 3 rings (SSSR count). The third kappa shape index (κ3) is 7.43. The van der Waals surface area contributed by atoms with Gasteiger partial charge in [0.2, 0.25) is 5.89 Å². The zero-order valence-electron chi connectivity index (χ0n) is 20.0. The molecule has 0 spiro atoms. The minimum Gasteiger partial charge on any atom is -0.493 e. The molecule has 0 aliphatic rings. The Morgan fingerprint density at radius 1 is 1.06 bits per heavy atom. The van der Waals surface area contributed by atoms with Gasteiger partial charge in [-0.1, -0.05) is 37.3 Å². The zero-order chi connectivity index (χ0) is 24.3. The highest BCUT2D eigenvalue weighted by atomic mass is 16.7. The lowest BCUT2D eigenvalue weighted by atomic mass is 10.1. The molecule has 7 nitrogen and oxygen atoms in total. The van der Waals surface area contributed by atoms with Gasteiger partial charge in [-0.05, 0) is 56.5 Å². The van der Waals surface area contributed by atoms with E-state index in [0.29, 0.717) is 44.8 Å². The molecule has 2 atom stereocenters. The van der Waals surface area contributed by atoms with Gasteiger partial charge in [0.05, 0.1) is 12.3 Å². The summed E-state index contributed by atoms with van der Waals surface area (Å²) in [5.41, 5.74) is 2.95. The second-order valence-electron chi connectivity index (χ2n) is 7.93. The van der Waals surface area contributed by atoms with Crippen LogP contribution in [-0.2, 0) is 27.1 Å². The van der Waals surface area contributed by atoms with Crippen molar-refractivity contribution in [2.24, 2.45) is 0 Å². The molecule has 34 heavy (non-hydrogen) atoms. The molecule has 0 amide bonds. The number of carbonyl (C=O) groups is 1. The van der Waals surface area contributed by atoms with E-state index in [2.05, 4.69) is 4.98 Å². The smallest absolute Gasteiger partial charge is 0.332 e. The van der Waals surface area contributed by atoms with Crippen LogP contribution in [0.1, 0.15) is 43.7 Å². The maximum absolute atomic E-state index is 11.2. The fraction of sp³-hybridized carbons (Fsp3) is 0.407. The molecule has 0 aliphatic heterocycles. The largest absolute Gasteiger partial charge is 0.493 e.